The van der Waals surface area contributed by atoms with E-state index in [0.29, 0.717) is 6.61 Å². The van der Waals surface area contributed by atoms with Crippen molar-refractivity contribution in [2.45, 2.75) is 39.0 Å². The quantitative estimate of drug-likeness (QED) is 0.916. The van der Waals surface area contributed by atoms with E-state index in [9.17, 15) is 4.39 Å². The smallest absolute Gasteiger partial charge is 0.220 e. The highest BCUT2D eigenvalue weighted by molar-refractivity contribution is 5.33. The van der Waals surface area contributed by atoms with Crippen molar-refractivity contribution in [1.29, 1.82) is 0 Å². The number of nitrogens with one attached hydrogen (secondary N) is 1. The van der Waals surface area contributed by atoms with Crippen molar-refractivity contribution >= 4 is 0 Å². The number of hydrogen-bond donors (Lipinski definition) is 1. The van der Waals surface area contributed by atoms with Crippen LogP contribution in [-0.4, -0.2) is 29.7 Å². The third-order valence-electron chi connectivity index (χ3n) is 4.22. The standard InChI is InChI=1S/C19H24FN3O/c1-13(2)18-22-17-8-11-21-10-7-16(17)19(23-18)24-12-9-14-3-5-15(20)6-4-14/h3-6,13,21H,7-12H2,1-2H3. The monoisotopic (exact) mass is 329 g/mol. The molecule has 0 saturated carbocycles. The summed E-state index contributed by atoms with van der Waals surface area (Å²) in [4.78, 5) is 9.39. The molecule has 1 aromatic heterocycles. The second kappa shape index (κ2) is 7.71. The average molecular weight is 329 g/mol. The SMILES string of the molecule is CC(C)c1nc2c(c(OCCc3ccc(F)cc3)n1)CCNCC2. The number of rotatable bonds is 5. The molecule has 128 valence electrons. The van der Waals surface area contributed by atoms with E-state index < -0.39 is 0 Å². The predicted octanol–water partition coefficient (Wildman–Crippen LogP) is 3.05. The maximum Gasteiger partial charge on any atom is 0.220 e. The van der Waals surface area contributed by atoms with Gasteiger partial charge in [-0.1, -0.05) is 26.0 Å². The van der Waals surface area contributed by atoms with Crippen LogP contribution in [0.3, 0.4) is 0 Å². The first-order valence-corrected chi connectivity index (χ1v) is 8.61. The van der Waals surface area contributed by atoms with E-state index in [0.717, 1.165) is 60.9 Å². The van der Waals surface area contributed by atoms with E-state index in [1.807, 2.05) is 0 Å². The largest absolute Gasteiger partial charge is 0.477 e. The minimum atomic E-state index is -0.213. The molecule has 0 radical (unpaired) electrons. The first-order valence-electron chi connectivity index (χ1n) is 8.61. The fraction of sp³-hybridized carbons (Fsp3) is 0.474. The molecular weight excluding hydrogens is 305 g/mol. The molecule has 0 unspecified atom stereocenters. The van der Waals surface area contributed by atoms with Crippen LogP contribution in [0.25, 0.3) is 0 Å². The summed E-state index contributed by atoms with van der Waals surface area (Å²) >= 11 is 0. The van der Waals surface area contributed by atoms with E-state index in [1.165, 1.54) is 12.1 Å². The number of halogens is 1. The molecule has 2 aromatic rings. The van der Waals surface area contributed by atoms with Gasteiger partial charge in [0.2, 0.25) is 5.88 Å². The van der Waals surface area contributed by atoms with Crippen molar-refractivity contribution in [3.63, 3.8) is 0 Å². The summed E-state index contributed by atoms with van der Waals surface area (Å²) in [6.07, 6.45) is 2.53. The van der Waals surface area contributed by atoms with Gasteiger partial charge in [-0.2, -0.15) is 4.98 Å². The first kappa shape index (κ1) is 16.8. The summed E-state index contributed by atoms with van der Waals surface area (Å²) in [7, 11) is 0. The lowest BCUT2D eigenvalue weighted by Gasteiger charge is -2.15. The third kappa shape index (κ3) is 4.09. The van der Waals surface area contributed by atoms with Crippen molar-refractivity contribution in [2.75, 3.05) is 19.7 Å². The van der Waals surface area contributed by atoms with Crippen LogP contribution >= 0.6 is 0 Å². The lowest BCUT2D eigenvalue weighted by Crippen LogP contribution is -2.16. The zero-order valence-corrected chi connectivity index (χ0v) is 14.3. The van der Waals surface area contributed by atoms with Gasteiger partial charge in [-0.05, 0) is 30.7 Å². The molecule has 2 heterocycles. The van der Waals surface area contributed by atoms with Gasteiger partial charge in [0.1, 0.15) is 11.6 Å². The van der Waals surface area contributed by atoms with Gasteiger partial charge in [-0.25, -0.2) is 9.37 Å². The highest BCUT2D eigenvalue weighted by atomic mass is 19.1. The molecule has 0 atom stereocenters. The number of ether oxygens (including phenoxy) is 1. The maximum absolute atomic E-state index is 13.0. The molecule has 0 amide bonds. The number of benzene rings is 1. The molecule has 1 aliphatic rings. The van der Waals surface area contributed by atoms with Crippen LogP contribution in [0.1, 0.15) is 42.4 Å². The Hall–Kier alpha value is -2.01. The Balaban J connectivity index is 1.75. The van der Waals surface area contributed by atoms with E-state index in [1.54, 1.807) is 12.1 Å². The maximum atomic E-state index is 13.0. The second-order valence-corrected chi connectivity index (χ2v) is 6.44. The van der Waals surface area contributed by atoms with Gasteiger partial charge >= 0.3 is 0 Å². The molecule has 0 spiro atoms. The summed E-state index contributed by atoms with van der Waals surface area (Å²) in [6.45, 7) is 6.58. The summed E-state index contributed by atoms with van der Waals surface area (Å²) in [5.41, 5.74) is 3.29. The molecule has 0 saturated heterocycles. The van der Waals surface area contributed by atoms with E-state index >= 15 is 0 Å². The molecule has 1 aromatic carbocycles. The number of hydrogen-bond acceptors (Lipinski definition) is 4. The van der Waals surface area contributed by atoms with E-state index in [4.69, 9.17) is 9.72 Å². The highest BCUT2D eigenvalue weighted by Crippen LogP contribution is 2.24. The van der Waals surface area contributed by atoms with Crippen LogP contribution in [-0.2, 0) is 19.3 Å². The lowest BCUT2D eigenvalue weighted by molar-refractivity contribution is 0.303. The van der Waals surface area contributed by atoms with Gasteiger partial charge in [0.05, 0.1) is 12.3 Å². The van der Waals surface area contributed by atoms with Crippen molar-refractivity contribution in [1.82, 2.24) is 15.3 Å². The molecule has 0 aliphatic carbocycles. The van der Waals surface area contributed by atoms with Gasteiger partial charge in [0.25, 0.3) is 0 Å². The number of nitrogens with zero attached hydrogens (tertiary/aromatic N) is 2. The van der Waals surface area contributed by atoms with Crippen molar-refractivity contribution in [3.05, 3.63) is 52.7 Å². The first-order chi connectivity index (χ1) is 11.6. The van der Waals surface area contributed by atoms with Crippen LogP contribution < -0.4 is 10.1 Å². The molecule has 4 nitrogen and oxygen atoms in total. The van der Waals surface area contributed by atoms with Crippen LogP contribution in [0.15, 0.2) is 24.3 Å². The molecule has 1 aliphatic heterocycles. The van der Waals surface area contributed by atoms with Gasteiger partial charge in [0.15, 0.2) is 0 Å². The zero-order valence-electron chi connectivity index (χ0n) is 14.3. The van der Waals surface area contributed by atoms with Crippen molar-refractivity contribution < 1.29 is 9.13 Å². The topological polar surface area (TPSA) is 47.0 Å². The van der Waals surface area contributed by atoms with Gasteiger partial charge in [0, 0.05) is 30.9 Å². The minimum absolute atomic E-state index is 0.213. The lowest BCUT2D eigenvalue weighted by atomic mass is 10.1. The van der Waals surface area contributed by atoms with Crippen LogP contribution in [0.4, 0.5) is 4.39 Å². The van der Waals surface area contributed by atoms with Gasteiger partial charge in [-0.15, -0.1) is 0 Å². The van der Waals surface area contributed by atoms with E-state index in [-0.39, 0.29) is 11.7 Å². The summed E-state index contributed by atoms with van der Waals surface area (Å²) in [5.74, 6) is 1.61. The Morgan fingerprint density at radius 1 is 1.12 bits per heavy atom. The van der Waals surface area contributed by atoms with Crippen LogP contribution in [0.5, 0.6) is 5.88 Å². The molecule has 24 heavy (non-hydrogen) atoms. The Bertz CT molecular complexity index is 686. The summed E-state index contributed by atoms with van der Waals surface area (Å²) in [6, 6.07) is 6.55. The van der Waals surface area contributed by atoms with Crippen LogP contribution in [0.2, 0.25) is 0 Å². The number of fused-ring (bicyclic) bond motifs is 1. The minimum Gasteiger partial charge on any atom is -0.477 e. The zero-order chi connectivity index (χ0) is 16.9. The number of aromatic nitrogens is 2. The van der Waals surface area contributed by atoms with E-state index in [2.05, 4.69) is 24.1 Å². The molecule has 5 heteroatoms. The third-order valence-corrected chi connectivity index (χ3v) is 4.22. The van der Waals surface area contributed by atoms with Gasteiger partial charge in [-0.3, -0.25) is 0 Å². The normalized spacial score (nSPS) is 14.3. The second-order valence-electron chi connectivity index (χ2n) is 6.44. The highest BCUT2D eigenvalue weighted by Gasteiger charge is 2.18. The van der Waals surface area contributed by atoms with Gasteiger partial charge < -0.3 is 10.1 Å². The van der Waals surface area contributed by atoms with Crippen molar-refractivity contribution in [2.24, 2.45) is 0 Å². The molecule has 1 N–H and O–H groups in total. The summed E-state index contributed by atoms with van der Waals surface area (Å²) < 4.78 is 19.0. The fourth-order valence-electron chi connectivity index (χ4n) is 2.82. The molecular formula is C19H24FN3O. The fourth-order valence-corrected chi connectivity index (χ4v) is 2.82. The Morgan fingerprint density at radius 3 is 2.62 bits per heavy atom. The Labute approximate surface area is 142 Å². The molecule has 0 bridgehead atoms. The Kier molecular flexibility index (Phi) is 5.41. The Morgan fingerprint density at radius 2 is 1.88 bits per heavy atom. The summed E-state index contributed by atoms with van der Waals surface area (Å²) in [5, 5.41) is 3.40. The average Bonchev–Trinajstić information content (AvgIpc) is 2.82. The predicted molar refractivity (Wildman–Crippen MR) is 92.0 cm³/mol. The molecule has 0 fully saturated rings. The van der Waals surface area contributed by atoms with Crippen LogP contribution in [0, 0.1) is 5.82 Å². The molecule has 3 rings (SSSR count). The van der Waals surface area contributed by atoms with Crippen molar-refractivity contribution in [3.8, 4) is 5.88 Å².